The maximum atomic E-state index is 6.17. The first-order chi connectivity index (χ1) is 12.7. The number of guanidine groups is 1. The van der Waals surface area contributed by atoms with E-state index >= 15 is 0 Å². The molecule has 3 unspecified atom stereocenters. The number of benzene rings is 1. The summed E-state index contributed by atoms with van der Waals surface area (Å²) in [5.74, 6) is 2.74. The van der Waals surface area contributed by atoms with E-state index in [1.807, 2.05) is 7.05 Å². The average molecular weight is 503 g/mol. The van der Waals surface area contributed by atoms with Crippen LogP contribution >= 0.6 is 35.7 Å². The van der Waals surface area contributed by atoms with Crippen LogP contribution in [0.4, 0.5) is 0 Å². The summed E-state index contributed by atoms with van der Waals surface area (Å²) >= 11 is 2.10. The van der Waals surface area contributed by atoms with Crippen molar-refractivity contribution in [1.82, 2.24) is 10.2 Å². The van der Waals surface area contributed by atoms with Crippen LogP contribution in [0.3, 0.4) is 0 Å². The standard InChI is InChI=1S/C21H33N3OS.HI/c1-4-19-15-24(11-13-26-19)21(22-3)23-14-18-6-5-12-25-20(18)17-9-7-16(2)8-10-17;/h7-10,18-20H,4-6,11-15H2,1-3H3,(H,22,23);1H. The number of ether oxygens (including phenoxy) is 1. The van der Waals surface area contributed by atoms with E-state index in [0.717, 1.165) is 43.9 Å². The fourth-order valence-electron chi connectivity index (χ4n) is 3.89. The van der Waals surface area contributed by atoms with Crippen molar-refractivity contribution in [3.63, 3.8) is 0 Å². The van der Waals surface area contributed by atoms with Gasteiger partial charge >= 0.3 is 0 Å². The molecule has 27 heavy (non-hydrogen) atoms. The summed E-state index contributed by atoms with van der Waals surface area (Å²) in [5, 5.41) is 4.37. The van der Waals surface area contributed by atoms with Gasteiger partial charge in [0.15, 0.2) is 5.96 Å². The molecule has 6 heteroatoms. The molecule has 152 valence electrons. The van der Waals surface area contributed by atoms with Crippen LogP contribution in [0, 0.1) is 12.8 Å². The van der Waals surface area contributed by atoms with Crippen molar-refractivity contribution in [1.29, 1.82) is 0 Å². The summed E-state index contributed by atoms with van der Waals surface area (Å²) in [7, 11) is 1.90. The van der Waals surface area contributed by atoms with Crippen LogP contribution in [0.2, 0.25) is 0 Å². The van der Waals surface area contributed by atoms with Gasteiger partial charge in [-0.25, -0.2) is 0 Å². The number of aryl methyl sites for hydroxylation is 1. The SMILES string of the molecule is CCC1CN(C(=NC)NCC2CCCOC2c2ccc(C)cc2)CCS1.I. The Morgan fingerprint density at radius 3 is 2.81 bits per heavy atom. The molecular formula is C21H34IN3OS. The second-order valence-electron chi connectivity index (χ2n) is 7.38. The van der Waals surface area contributed by atoms with Crippen molar-refractivity contribution >= 4 is 41.7 Å². The lowest BCUT2D eigenvalue weighted by molar-refractivity contribution is -0.0266. The molecule has 0 bridgehead atoms. The van der Waals surface area contributed by atoms with E-state index in [-0.39, 0.29) is 30.1 Å². The molecule has 0 amide bonds. The highest BCUT2D eigenvalue weighted by molar-refractivity contribution is 14.0. The van der Waals surface area contributed by atoms with Crippen LogP contribution in [0.15, 0.2) is 29.3 Å². The van der Waals surface area contributed by atoms with Crippen LogP contribution in [0.1, 0.15) is 43.4 Å². The third-order valence-electron chi connectivity index (χ3n) is 5.48. The maximum absolute atomic E-state index is 6.17. The fourth-order valence-corrected chi connectivity index (χ4v) is 5.07. The zero-order valence-electron chi connectivity index (χ0n) is 16.8. The number of nitrogens with zero attached hydrogens (tertiary/aromatic N) is 2. The molecule has 2 saturated heterocycles. The van der Waals surface area contributed by atoms with Gasteiger partial charge in [0.2, 0.25) is 0 Å². The van der Waals surface area contributed by atoms with E-state index < -0.39 is 0 Å². The summed E-state index contributed by atoms with van der Waals surface area (Å²) in [6.07, 6.45) is 3.77. The van der Waals surface area contributed by atoms with Crippen LogP contribution < -0.4 is 5.32 Å². The molecule has 2 aliphatic heterocycles. The molecule has 0 saturated carbocycles. The minimum atomic E-state index is 0. The van der Waals surface area contributed by atoms with Crippen molar-refractivity contribution in [3.8, 4) is 0 Å². The Bertz CT molecular complexity index is 596. The Hall–Kier alpha value is -0.470. The van der Waals surface area contributed by atoms with Crippen molar-refractivity contribution in [2.75, 3.05) is 39.0 Å². The van der Waals surface area contributed by atoms with Crippen molar-refractivity contribution in [2.45, 2.75) is 44.5 Å². The first-order valence-corrected chi connectivity index (χ1v) is 11.0. The Morgan fingerprint density at radius 1 is 1.33 bits per heavy atom. The Balaban J connectivity index is 0.00000261. The van der Waals surface area contributed by atoms with E-state index in [9.17, 15) is 0 Å². The van der Waals surface area contributed by atoms with E-state index in [0.29, 0.717) is 5.92 Å². The topological polar surface area (TPSA) is 36.9 Å². The molecule has 0 spiro atoms. The number of hydrogen-bond donors (Lipinski definition) is 1. The van der Waals surface area contributed by atoms with Crippen LogP contribution in [0.25, 0.3) is 0 Å². The van der Waals surface area contributed by atoms with E-state index in [1.54, 1.807) is 0 Å². The van der Waals surface area contributed by atoms with Gasteiger partial charge < -0.3 is 15.0 Å². The number of nitrogens with one attached hydrogen (secondary N) is 1. The molecule has 2 fully saturated rings. The predicted molar refractivity (Wildman–Crippen MR) is 127 cm³/mol. The quantitative estimate of drug-likeness (QED) is 0.374. The third-order valence-corrected chi connectivity index (χ3v) is 6.85. The number of rotatable bonds is 4. The highest BCUT2D eigenvalue weighted by atomic mass is 127. The minimum absolute atomic E-state index is 0. The molecule has 1 aromatic carbocycles. The lowest BCUT2D eigenvalue weighted by Gasteiger charge is -2.36. The highest BCUT2D eigenvalue weighted by Crippen LogP contribution is 2.33. The smallest absolute Gasteiger partial charge is 0.193 e. The molecule has 2 heterocycles. The molecule has 0 aliphatic carbocycles. The summed E-state index contributed by atoms with van der Waals surface area (Å²) < 4.78 is 6.17. The van der Waals surface area contributed by atoms with Crippen LogP contribution in [0.5, 0.6) is 0 Å². The molecule has 2 aliphatic rings. The molecule has 4 nitrogen and oxygen atoms in total. The molecular weight excluding hydrogens is 469 g/mol. The van der Waals surface area contributed by atoms with Gasteiger partial charge in [0.05, 0.1) is 6.10 Å². The Labute approximate surface area is 185 Å². The second-order valence-corrected chi connectivity index (χ2v) is 8.79. The van der Waals surface area contributed by atoms with Gasteiger partial charge in [-0.05, 0) is 31.7 Å². The van der Waals surface area contributed by atoms with Gasteiger partial charge in [-0.15, -0.1) is 24.0 Å². The average Bonchev–Trinajstić information content (AvgIpc) is 2.70. The largest absolute Gasteiger partial charge is 0.373 e. The first-order valence-electron chi connectivity index (χ1n) is 9.96. The second kappa shape index (κ2) is 11.5. The summed E-state index contributed by atoms with van der Waals surface area (Å²) in [4.78, 5) is 6.98. The summed E-state index contributed by atoms with van der Waals surface area (Å²) in [6.45, 7) is 8.39. The van der Waals surface area contributed by atoms with Gasteiger partial charge in [-0.1, -0.05) is 36.8 Å². The number of hydrogen-bond acceptors (Lipinski definition) is 3. The lowest BCUT2D eigenvalue weighted by atomic mass is 9.89. The maximum Gasteiger partial charge on any atom is 0.193 e. The number of thioether (sulfide) groups is 1. The van der Waals surface area contributed by atoms with E-state index in [4.69, 9.17) is 4.74 Å². The third kappa shape index (κ3) is 6.26. The number of halogens is 1. The molecule has 1 aromatic rings. The van der Waals surface area contributed by atoms with E-state index in [1.165, 1.54) is 29.7 Å². The molecule has 3 atom stereocenters. The zero-order valence-corrected chi connectivity index (χ0v) is 20.0. The predicted octanol–water partition coefficient (Wildman–Crippen LogP) is 4.48. The van der Waals surface area contributed by atoms with Crippen molar-refractivity contribution in [2.24, 2.45) is 10.9 Å². The van der Waals surface area contributed by atoms with Gasteiger partial charge in [0.1, 0.15) is 0 Å². The van der Waals surface area contributed by atoms with Crippen molar-refractivity contribution in [3.05, 3.63) is 35.4 Å². The molecule has 3 rings (SSSR count). The summed E-state index contributed by atoms with van der Waals surface area (Å²) in [5.41, 5.74) is 2.60. The lowest BCUT2D eigenvalue weighted by Crippen LogP contribution is -2.49. The normalized spacial score (nSPS) is 26.4. The molecule has 0 radical (unpaired) electrons. The Morgan fingerprint density at radius 2 is 2.11 bits per heavy atom. The highest BCUT2D eigenvalue weighted by Gasteiger charge is 2.28. The Kier molecular flexibility index (Phi) is 9.73. The van der Waals surface area contributed by atoms with E-state index in [2.05, 4.69) is 65.1 Å². The van der Waals surface area contributed by atoms with Gasteiger partial charge in [0.25, 0.3) is 0 Å². The van der Waals surface area contributed by atoms with Gasteiger partial charge in [0, 0.05) is 50.2 Å². The zero-order chi connectivity index (χ0) is 18.4. The fraction of sp³-hybridized carbons (Fsp3) is 0.667. The molecule has 0 aromatic heterocycles. The van der Waals surface area contributed by atoms with Gasteiger partial charge in [-0.2, -0.15) is 11.8 Å². The minimum Gasteiger partial charge on any atom is -0.373 e. The molecule has 1 N–H and O–H groups in total. The van der Waals surface area contributed by atoms with Crippen LogP contribution in [-0.4, -0.2) is 55.2 Å². The summed E-state index contributed by atoms with van der Waals surface area (Å²) in [6, 6.07) is 8.82. The van der Waals surface area contributed by atoms with Gasteiger partial charge in [-0.3, -0.25) is 4.99 Å². The van der Waals surface area contributed by atoms with Crippen LogP contribution in [-0.2, 0) is 4.74 Å². The van der Waals surface area contributed by atoms with Crippen molar-refractivity contribution < 1.29 is 4.74 Å². The number of aliphatic imine (C=N–C) groups is 1. The first kappa shape index (κ1) is 22.8. The monoisotopic (exact) mass is 503 g/mol.